The largest absolute Gasteiger partial charge is 0.168 e. The van der Waals surface area contributed by atoms with Crippen molar-refractivity contribution in [2.75, 3.05) is 0 Å². The van der Waals surface area contributed by atoms with Crippen molar-refractivity contribution in [3.63, 3.8) is 0 Å². The summed E-state index contributed by atoms with van der Waals surface area (Å²) in [6, 6.07) is 0. The quantitative estimate of drug-likeness (QED) is 0.551. The Labute approximate surface area is 68.4 Å². The molecule has 0 bridgehead atoms. The molecule has 0 spiro atoms. The average Bonchev–Trinajstić information content (AvgIpc) is 1.88. The molecular formula is C9H14S. The molecule has 0 aromatic rings. The first kappa shape index (κ1) is 7.93. The summed E-state index contributed by atoms with van der Waals surface area (Å²) in [6.07, 6.45) is 8.83. The molecule has 1 atom stereocenters. The summed E-state index contributed by atoms with van der Waals surface area (Å²) in [6.45, 7) is 4.31. The van der Waals surface area contributed by atoms with E-state index < -0.39 is 0 Å². The molecule has 56 valence electrons. The molecule has 1 heteroatoms. The number of thiol groups is 1. The third-order valence-corrected chi connectivity index (χ3v) is 2.17. The number of hydrogen-bond donors (Lipinski definition) is 1. The Morgan fingerprint density at radius 1 is 1.70 bits per heavy atom. The fraction of sp³-hybridized carbons (Fsp3) is 0.556. The van der Waals surface area contributed by atoms with Crippen LogP contribution in [0.15, 0.2) is 23.8 Å². The molecule has 0 aliphatic heterocycles. The Hall–Kier alpha value is -0.170. The second-order valence-corrected chi connectivity index (χ2v) is 4.05. The SMILES string of the molecule is CCC1=CCC(C)(S)C=C1. The van der Waals surface area contributed by atoms with Crippen molar-refractivity contribution in [3.8, 4) is 0 Å². The molecule has 0 N–H and O–H groups in total. The smallest absolute Gasteiger partial charge is 0.0318 e. The molecular weight excluding hydrogens is 140 g/mol. The van der Waals surface area contributed by atoms with E-state index in [1.54, 1.807) is 0 Å². The summed E-state index contributed by atoms with van der Waals surface area (Å²) in [4.78, 5) is 0. The van der Waals surface area contributed by atoms with Gasteiger partial charge in [-0.3, -0.25) is 0 Å². The highest BCUT2D eigenvalue weighted by Crippen LogP contribution is 2.27. The van der Waals surface area contributed by atoms with Gasteiger partial charge in [-0.25, -0.2) is 0 Å². The second-order valence-electron chi connectivity index (χ2n) is 3.03. The topological polar surface area (TPSA) is 0 Å². The molecule has 0 fully saturated rings. The van der Waals surface area contributed by atoms with E-state index in [1.165, 1.54) is 5.57 Å². The summed E-state index contributed by atoms with van der Waals surface area (Å²) >= 11 is 4.47. The first-order valence-electron chi connectivity index (χ1n) is 3.75. The Kier molecular flexibility index (Phi) is 2.24. The zero-order valence-corrected chi connectivity index (χ0v) is 7.49. The standard InChI is InChI=1S/C9H14S/c1-3-8-4-6-9(2,10)7-5-8/h4-6,10H,3,7H2,1-2H3. The number of rotatable bonds is 1. The normalized spacial score (nSPS) is 32.1. The van der Waals surface area contributed by atoms with Gasteiger partial charge in [0.05, 0.1) is 0 Å². The maximum atomic E-state index is 4.47. The zero-order chi connectivity index (χ0) is 7.61. The van der Waals surface area contributed by atoms with Crippen LogP contribution >= 0.6 is 12.6 Å². The van der Waals surface area contributed by atoms with E-state index in [1.807, 2.05) is 0 Å². The van der Waals surface area contributed by atoms with Gasteiger partial charge in [-0.05, 0) is 19.8 Å². The first-order chi connectivity index (χ1) is 4.64. The van der Waals surface area contributed by atoms with E-state index in [0.717, 1.165) is 12.8 Å². The maximum absolute atomic E-state index is 4.47. The van der Waals surface area contributed by atoms with Gasteiger partial charge in [0.2, 0.25) is 0 Å². The zero-order valence-electron chi connectivity index (χ0n) is 6.59. The fourth-order valence-electron chi connectivity index (χ4n) is 1.02. The lowest BCUT2D eigenvalue weighted by molar-refractivity contribution is 0.792. The van der Waals surface area contributed by atoms with Crippen LogP contribution in [0.3, 0.4) is 0 Å². The monoisotopic (exact) mass is 154 g/mol. The van der Waals surface area contributed by atoms with Crippen LogP contribution < -0.4 is 0 Å². The molecule has 1 aliphatic carbocycles. The molecule has 0 heterocycles. The minimum Gasteiger partial charge on any atom is -0.168 e. The Morgan fingerprint density at radius 3 is 2.80 bits per heavy atom. The van der Waals surface area contributed by atoms with Gasteiger partial charge in [0.15, 0.2) is 0 Å². The van der Waals surface area contributed by atoms with Crippen LogP contribution in [0.5, 0.6) is 0 Å². The van der Waals surface area contributed by atoms with Crippen molar-refractivity contribution >= 4 is 12.6 Å². The van der Waals surface area contributed by atoms with E-state index >= 15 is 0 Å². The van der Waals surface area contributed by atoms with Crippen LogP contribution in [-0.4, -0.2) is 4.75 Å². The second kappa shape index (κ2) is 2.83. The Bertz CT molecular complexity index is 175. The molecule has 1 unspecified atom stereocenters. The lowest BCUT2D eigenvalue weighted by atomic mass is 9.96. The molecule has 10 heavy (non-hydrogen) atoms. The minimum absolute atomic E-state index is 0.0959. The van der Waals surface area contributed by atoms with E-state index in [0.29, 0.717) is 0 Å². The van der Waals surface area contributed by atoms with Crippen molar-refractivity contribution in [2.45, 2.75) is 31.4 Å². The molecule has 0 aromatic carbocycles. The van der Waals surface area contributed by atoms with E-state index in [-0.39, 0.29) is 4.75 Å². The van der Waals surface area contributed by atoms with Gasteiger partial charge in [0.1, 0.15) is 0 Å². The lowest BCUT2D eigenvalue weighted by Crippen LogP contribution is -2.13. The Morgan fingerprint density at radius 2 is 2.40 bits per heavy atom. The highest BCUT2D eigenvalue weighted by molar-refractivity contribution is 7.82. The van der Waals surface area contributed by atoms with Gasteiger partial charge < -0.3 is 0 Å². The molecule has 0 aromatic heterocycles. The third kappa shape index (κ3) is 1.91. The van der Waals surface area contributed by atoms with Crippen LogP contribution in [0.25, 0.3) is 0 Å². The van der Waals surface area contributed by atoms with Crippen molar-refractivity contribution in [1.29, 1.82) is 0 Å². The Balaban J connectivity index is 2.63. The van der Waals surface area contributed by atoms with Gasteiger partial charge in [0.25, 0.3) is 0 Å². The molecule has 1 rings (SSSR count). The summed E-state index contributed by atoms with van der Waals surface area (Å²) in [7, 11) is 0. The summed E-state index contributed by atoms with van der Waals surface area (Å²) < 4.78 is 0.0959. The molecule has 0 saturated carbocycles. The maximum Gasteiger partial charge on any atom is 0.0318 e. The highest BCUT2D eigenvalue weighted by Gasteiger charge is 2.15. The first-order valence-corrected chi connectivity index (χ1v) is 4.19. The fourth-order valence-corrected chi connectivity index (χ4v) is 1.19. The predicted octanol–water partition coefficient (Wildman–Crippen LogP) is 2.97. The van der Waals surface area contributed by atoms with Crippen LogP contribution in [0.2, 0.25) is 0 Å². The number of hydrogen-bond acceptors (Lipinski definition) is 1. The minimum atomic E-state index is 0.0959. The van der Waals surface area contributed by atoms with Crippen LogP contribution in [0.1, 0.15) is 26.7 Å². The average molecular weight is 154 g/mol. The molecule has 0 radical (unpaired) electrons. The van der Waals surface area contributed by atoms with Crippen molar-refractivity contribution in [2.24, 2.45) is 0 Å². The summed E-state index contributed by atoms with van der Waals surface area (Å²) in [5.41, 5.74) is 1.44. The molecule has 0 amide bonds. The van der Waals surface area contributed by atoms with E-state index in [9.17, 15) is 0 Å². The van der Waals surface area contributed by atoms with Gasteiger partial charge in [-0.15, -0.1) is 0 Å². The molecule has 0 nitrogen and oxygen atoms in total. The number of allylic oxidation sites excluding steroid dienone is 3. The highest BCUT2D eigenvalue weighted by atomic mass is 32.1. The van der Waals surface area contributed by atoms with Crippen molar-refractivity contribution in [1.82, 2.24) is 0 Å². The van der Waals surface area contributed by atoms with Gasteiger partial charge in [0, 0.05) is 4.75 Å². The van der Waals surface area contributed by atoms with Crippen molar-refractivity contribution < 1.29 is 0 Å². The van der Waals surface area contributed by atoms with Gasteiger partial charge in [-0.1, -0.05) is 30.7 Å². The van der Waals surface area contributed by atoms with Crippen LogP contribution in [-0.2, 0) is 0 Å². The molecule has 0 saturated heterocycles. The van der Waals surface area contributed by atoms with Gasteiger partial charge in [-0.2, -0.15) is 12.6 Å². The van der Waals surface area contributed by atoms with E-state index in [2.05, 4.69) is 44.7 Å². The van der Waals surface area contributed by atoms with Crippen LogP contribution in [0, 0.1) is 0 Å². The lowest BCUT2D eigenvalue weighted by Gasteiger charge is -2.21. The predicted molar refractivity (Wildman–Crippen MR) is 49.5 cm³/mol. The summed E-state index contributed by atoms with van der Waals surface area (Å²) in [5.74, 6) is 0. The van der Waals surface area contributed by atoms with Gasteiger partial charge >= 0.3 is 0 Å². The van der Waals surface area contributed by atoms with Crippen molar-refractivity contribution in [3.05, 3.63) is 23.8 Å². The summed E-state index contributed by atoms with van der Waals surface area (Å²) in [5, 5.41) is 0. The van der Waals surface area contributed by atoms with E-state index in [4.69, 9.17) is 0 Å². The third-order valence-electron chi connectivity index (χ3n) is 1.84. The molecule has 1 aliphatic rings. The van der Waals surface area contributed by atoms with Crippen LogP contribution in [0.4, 0.5) is 0 Å².